The van der Waals surface area contributed by atoms with Crippen LogP contribution in [-0.2, 0) is 9.59 Å². The third-order valence-electron chi connectivity index (χ3n) is 2.00. The van der Waals surface area contributed by atoms with Gasteiger partial charge in [-0.2, -0.15) is 0 Å². The molecule has 0 spiro atoms. The van der Waals surface area contributed by atoms with Gasteiger partial charge in [-0.25, -0.2) is 0 Å². The normalized spacial score (nSPS) is 9.30. The summed E-state index contributed by atoms with van der Waals surface area (Å²) in [7, 11) is 0. The molecule has 0 atom stereocenters. The number of hydrogen-bond donors (Lipinski definition) is 4. The summed E-state index contributed by atoms with van der Waals surface area (Å²) in [5.41, 5.74) is 1.25. The molecule has 106 valence electrons. The molecule has 0 saturated carbocycles. The second kappa shape index (κ2) is 7.51. The standard InChI is InChI=1S/C12H14N4O2S2/c1-7(17)13-11(19)15-9-5-3-4-6-10(9)16-12(20)14-8(2)18/h3-6H,1-2H3,(H2,13,15,17,19)(H2,14,16,18,20). The Balaban J connectivity index is 2.77. The van der Waals surface area contributed by atoms with Crippen molar-refractivity contribution in [2.45, 2.75) is 13.8 Å². The Morgan fingerprint density at radius 1 is 0.850 bits per heavy atom. The zero-order valence-corrected chi connectivity index (χ0v) is 12.6. The summed E-state index contributed by atoms with van der Waals surface area (Å²) in [6, 6.07) is 7.11. The second-order valence-electron chi connectivity index (χ2n) is 3.82. The number of hydrogen-bond acceptors (Lipinski definition) is 4. The zero-order chi connectivity index (χ0) is 15.1. The number of carbonyl (C=O) groups is 2. The fraction of sp³-hybridized carbons (Fsp3) is 0.167. The molecule has 4 N–H and O–H groups in total. The van der Waals surface area contributed by atoms with Crippen molar-refractivity contribution >= 4 is 57.8 Å². The number of amides is 2. The quantitative estimate of drug-likeness (QED) is 0.617. The monoisotopic (exact) mass is 310 g/mol. The number of anilines is 2. The minimum Gasteiger partial charge on any atom is -0.331 e. The summed E-state index contributed by atoms with van der Waals surface area (Å²) < 4.78 is 0. The molecule has 6 nitrogen and oxygen atoms in total. The molecule has 0 unspecified atom stereocenters. The lowest BCUT2D eigenvalue weighted by Crippen LogP contribution is -2.34. The first-order chi connectivity index (χ1) is 9.38. The summed E-state index contributed by atoms with van der Waals surface area (Å²) in [5.74, 6) is -0.525. The van der Waals surface area contributed by atoms with Crippen molar-refractivity contribution in [1.29, 1.82) is 0 Å². The zero-order valence-electron chi connectivity index (χ0n) is 10.9. The van der Waals surface area contributed by atoms with Crippen molar-refractivity contribution in [1.82, 2.24) is 10.6 Å². The Hall–Kier alpha value is -2.06. The summed E-state index contributed by atoms with van der Waals surface area (Å²) in [4.78, 5) is 21.8. The van der Waals surface area contributed by atoms with Crippen LogP contribution in [0.5, 0.6) is 0 Å². The van der Waals surface area contributed by atoms with Crippen molar-refractivity contribution in [2.24, 2.45) is 0 Å². The average Bonchev–Trinajstić information content (AvgIpc) is 2.29. The first-order valence-electron chi connectivity index (χ1n) is 5.64. The molecule has 2 amide bonds. The summed E-state index contributed by atoms with van der Waals surface area (Å²) in [5, 5.41) is 11.0. The lowest BCUT2D eigenvalue weighted by molar-refractivity contribution is -0.118. The third kappa shape index (κ3) is 5.72. The Labute approximate surface area is 127 Å². The first-order valence-corrected chi connectivity index (χ1v) is 6.46. The van der Waals surface area contributed by atoms with Crippen LogP contribution in [0.3, 0.4) is 0 Å². The highest BCUT2D eigenvalue weighted by Gasteiger charge is 2.07. The van der Waals surface area contributed by atoms with Crippen molar-refractivity contribution in [3.05, 3.63) is 24.3 Å². The average molecular weight is 310 g/mol. The number of rotatable bonds is 2. The molecule has 0 bridgehead atoms. The number of thiocarbonyl (C=S) groups is 2. The van der Waals surface area contributed by atoms with Crippen LogP contribution in [0.15, 0.2) is 24.3 Å². The number of benzene rings is 1. The first kappa shape index (κ1) is 16.0. The Bertz CT molecular complexity index is 511. The lowest BCUT2D eigenvalue weighted by atomic mass is 10.2. The molecule has 0 aliphatic heterocycles. The van der Waals surface area contributed by atoms with Crippen LogP contribution in [0.25, 0.3) is 0 Å². The summed E-state index contributed by atoms with van der Waals surface area (Å²) >= 11 is 9.96. The van der Waals surface area contributed by atoms with E-state index in [0.29, 0.717) is 11.4 Å². The van der Waals surface area contributed by atoms with E-state index in [1.165, 1.54) is 13.8 Å². The van der Waals surface area contributed by atoms with E-state index in [1.54, 1.807) is 24.3 Å². The van der Waals surface area contributed by atoms with Gasteiger partial charge in [0.1, 0.15) is 0 Å². The van der Waals surface area contributed by atoms with Crippen molar-refractivity contribution in [3.63, 3.8) is 0 Å². The number of nitrogens with one attached hydrogen (secondary N) is 4. The highest BCUT2D eigenvalue weighted by atomic mass is 32.1. The van der Waals surface area contributed by atoms with Gasteiger partial charge >= 0.3 is 0 Å². The minimum atomic E-state index is -0.262. The molecule has 0 radical (unpaired) electrons. The predicted molar refractivity (Wildman–Crippen MR) is 86.5 cm³/mol. The summed E-state index contributed by atoms with van der Waals surface area (Å²) in [6.07, 6.45) is 0. The van der Waals surface area contributed by atoms with Crippen LogP contribution in [0, 0.1) is 0 Å². The van der Waals surface area contributed by atoms with Gasteiger partial charge in [0.15, 0.2) is 10.2 Å². The summed E-state index contributed by atoms with van der Waals surface area (Å²) in [6.45, 7) is 2.73. The molecule has 1 aromatic carbocycles. The van der Waals surface area contributed by atoms with Gasteiger partial charge in [0.25, 0.3) is 0 Å². The van der Waals surface area contributed by atoms with Crippen LogP contribution in [0.2, 0.25) is 0 Å². The van der Waals surface area contributed by atoms with Crippen molar-refractivity contribution < 1.29 is 9.59 Å². The van der Waals surface area contributed by atoms with Gasteiger partial charge in [-0.3, -0.25) is 9.59 Å². The van der Waals surface area contributed by atoms with Gasteiger partial charge < -0.3 is 21.3 Å². The molecular weight excluding hydrogens is 296 g/mol. The van der Waals surface area contributed by atoms with Gasteiger partial charge in [0.05, 0.1) is 11.4 Å². The molecule has 8 heteroatoms. The van der Waals surface area contributed by atoms with E-state index in [4.69, 9.17) is 24.4 Å². The van der Waals surface area contributed by atoms with E-state index >= 15 is 0 Å². The number of carbonyl (C=O) groups excluding carboxylic acids is 2. The van der Waals surface area contributed by atoms with Crippen molar-refractivity contribution in [2.75, 3.05) is 10.6 Å². The highest BCUT2D eigenvalue weighted by molar-refractivity contribution is 7.80. The Morgan fingerprint density at radius 2 is 1.20 bits per heavy atom. The van der Waals surface area contributed by atoms with E-state index < -0.39 is 0 Å². The topological polar surface area (TPSA) is 82.3 Å². The maximum absolute atomic E-state index is 10.9. The molecule has 0 aliphatic rings. The second-order valence-corrected chi connectivity index (χ2v) is 4.63. The van der Waals surface area contributed by atoms with E-state index in [-0.39, 0.29) is 22.0 Å². The Morgan fingerprint density at radius 3 is 1.50 bits per heavy atom. The smallest absolute Gasteiger partial charge is 0.222 e. The van der Waals surface area contributed by atoms with Gasteiger partial charge in [0, 0.05) is 13.8 Å². The lowest BCUT2D eigenvalue weighted by Gasteiger charge is -2.14. The predicted octanol–water partition coefficient (Wildman–Crippen LogP) is 1.35. The molecule has 20 heavy (non-hydrogen) atoms. The molecule has 0 fully saturated rings. The molecule has 0 aromatic heterocycles. The molecule has 1 rings (SSSR count). The van der Waals surface area contributed by atoms with E-state index in [2.05, 4.69) is 21.3 Å². The van der Waals surface area contributed by atoms with Crippen LogP contribution in [0.4, 0.5) is 11.4 Å². The van der Waals surface area contributed by atoms with E-state index in [0.717, 1.165) is 0 Å². The minimum absolute atomic E-state index is 0.178. The molecular formula is C12H14N4O2S2. The van der Waals surface area contributed by atoms with Crippen LogP contribution in [0.1, 0.15) is 13.8 Å². The van der Waals surface area contributed by atoms with E-state index in [1.807, 2.05) is 0 Å². The fourth-order valence-electron chi connectivity index (χ4n) is 1.33. The number of para-hydroxylation sites is 2. The maximum Gasteiger partial charge on any atom is 0.222 e. The van der Waals surface area contributed by atoms with Crippen LogP contribution in [-0.4, -0.2) is 22.0 Å². The maximum atomic E-state index is 10.9. The van der Waals surface area contributed by atoms with E-state index in [9.17, 15) is 9.59 Å². The van der Waals surface area contributed by atoms with Crippen LogP contribution < -0.4 is 21.3 Å². The van der Waals surface area contributed by atoms with Crippen molar-refractivity contribution in [3.8, 4) is 0 Å². The Kier molecular flexibility index (Phi) is 6.01. The fourth-order valence-corrected chi connectivity index (χ4v) is 1.84. The van der Waals surface area contributed by atoms with Gasteiger partial charge in [-0.05, 0) is 36.6 Å². The van der Waals surface area contributed by atoms with Gasteiger partial charge in [0.2, 0.25) is 11.8 Å². The largest absolute Gasteiger partial charge is 0.331 e. The highest BCUT2D eigenvalue weighted by Crippen LogP contribution is 2.20. The molecule has 0 heterocycles. The third-order valence-corrected chi connectivity index (χ3v) is 2.41. The van der Waals surface area contributed by atoms with Crippen LogP contribution >= 0.6 is 24.4 Å². The molecule has 0 aliphatic carbocycles. The molecule has 0 saturated heterocycles. The molecule has 1 aromatic rings. The SMILES string of the molecule is CC(=O)NC(=S)Nc1ccccc1NC(=S)NC(C)=O. The van der Waals surface area contributed by atoms with Gasteiger partial charge in [-0.15, -0.1) is 0 Å². The van der Waals surface area contributed by atoms with Gasteiger partial charge in [-0.1, -0.05) is 12.1 Å².